The van der Waals surface area contributed by atoms with Gasteiger partial charge in [-0.25, -0.2) is 0 Å². The van der Waals surface area contributed by atoms with Crippen molar-refractivity contribution in [3.05, 3.63) is 52.5 Å². The van der Waals surface area contributed by atoms with Crippen molar-refractivity contribution < 1.29 is 14.9 Å². The number of nitrogens with one attached hydrogen (secondary N) is 1. The molecule has 0 spiro atoms. The highest BCUT2D eigenvalue weighted by Gasteiger charge is 2.09. The van der Waals surface area contributed by atoms with E-state index in [9.17, 15) is 5.11 Å². The number of benzene rings is 2. The number of phenolic OH excluding ortho intramolecular Hbond substituents is 1. The summed E-state index contributed by atoms with van der Waals surface area (Å²) < 4.78 is 5.08. The highest BCUT2D eigenvalue weighted by molar-refractivity contribution is 6.30. The van der Waals surface area contributed by atoms with Crippen molar-refractivity contribution in [2.45, 2.75) is 13.0 Å². The molecule has 4 nitrogen and oxygen atoms in total. The Morgan fingerprint density at radius 3 is 2.52 bits per heavy atom. The van der Waals surface area contributed by atoms with Gasteiger partial charge in [0, 0.05) is 35.5 Å². The lowest BCUT2D eigenvalue weighted by atomic mass is 10.1. The zero-order valence-electron chi connectivity index (χ0n) is 11.8. The maximum atomic E-state index is 10.1. The number of rotatable bonds is 6. The molecule has 5 heteroatoms. The molecule has 0 aromatic heterocycles. The Balaban J connectivity index is 2.07. The molecule has 0 aliphatic rings. The van der Waals surface area contributed by atoms with Crippen LogP contribution in [0.1, 0.15) is 11.1 Å². The van der Waals surface area contributed by atoms with Crippen LogP contribution in [0.3, 0.4) is 0 Å². The van der Waals surface area contributed by atoms with Gasteiger partial charge in [0.15, 0.2) is 11.5 Å². The third kappa shape index (κ3) is 4.03. The second-order valence-electron chi connectivity index (χ2n) is 4.64. The fraction of sp³-hybridized carbons (Fsp3) is 0.250. The molecule has 0 saturated carbocycles. The summed E-state index contributed by atoms with van der Waals surface area (Å²) in [7, 11) is 1.49. The number of hydrogen-bond donors (Lipinski definition) is 3. The number of phenols is 1. The van der Waals surface area contributed by atoms with Crippen LogP contribution in [0, 0.1) is 0 Å². The lowest BCUT2D eigenvalue weighted by Gasteiger charge is -2.12. The summed E-state index contributed by atoms with van der Waals surface area (Å²) in [5.41, 5.74) is 2.67. The van der Waals surface area contributed by atoms with Gasteiger partial charge in [-0.1, -0.05) is 23.7 Å². The minimum absolute atomic E-state index is 0.0892. The highest BCUT2D eigenvalue weighted by atomic mass is 35.5. The minimum Gasteiger partial charge on any atom is -0.504 e. The van der Waals surface area contributed by atoms with E-state index in [2.05, 4.69) is 5.32 Å². The van der Waals surface area contributed by atoms with Crippen molar-refractivity contribution in [3.8, 4) is 11.5 Å². The summed E-state index contributed by atoms with van der Waals surface area (Å²) in [6, 6.07) is 11.1. The topological polar surface area (TPSA) is 61.7 Å². The first-order chi connectivity index (χ1) is 10.1. The zero-order chi connectivity index (χ0) is 15.2. The van der Waals surface area contributed by atoms with Gasteiger partial charge in [-0.2, -0.15) is 0 Å². The monoisotopic (exact) mass is 307 g/mol. The van der Waals surface area contributed by atoms with Crippen LogP contribution >= 0.6 is 11.6 Å². The van der Waals surface area contributed by atoms with E-state index in [4.69, 9.17) is 21.4 Å². The second kappa shape index (κ2) is 7.20. The van der Waals surface area contributed by atoms with Gasteiger partial charge in [0.1, 0.15) is 0 Å². The van der Waals surface area contributed by atoms with Gasteiger partial charge < -0.3 is 20.3 Å². The molecule has 0 atom stereocenters. The average Bonchev–Trinajstić information content (AvgIpc) is 2.49. The first-order valence-electron chi connectivity index (χ1n) is 6.63. The molecule has 0 unspecified atom stereocenters. The Labute approximate surface area is 129 Å². The van der Waals surface area contributed by atoms with Gasteiger partial charge in [0.2, 0.25) is 0 Å². The van der Waals surface area contributed by atoms with E-state index >= 15 is 0 Å². The summed E-state index contributed by atoms with van der Waals surface area (Å²) in [5, 5.41) is 22.7. The summed E-state index contributed by atoms with van der Waals surface area (Å²) in [6.45, 7) is 0.574. The van der Waals surface area contributed by atoms with Crippen molar-refractivity contribution in [1.82, 2.24) is 0 Å². The molecular weight excluding hydrogens is 290 g/mol. The van der Waals surface area contributed by atoms with Crippen molar-refractivity contribution in [3.63, 3.8) is 0 Å². The summed E-state index contributed by atoms with van der Waals surface area (Å²) in [6.07, 6.45) is 0.645. The van der Waals surface area contributed by atoms with E-state index in [1.165, 1.54) is 7.11 Å². The molecule has 0 saturated heterocycles. The number of aliphatic hydroxyl groups is 1. The zero-order valence-corrected chi connectivity index (χ0v) is 12.5. The van der Waals surface area contributed by atoms with E-state index in [0.29, 0.717) is 29.3 Å². The lowest BCUT2D eigenvalue weighted by molar-refractivity contribution is 0.299. The Morgan fingerprint density at radius 1 is 1.19 bits per heavy atom. The Hall–Kier alpha value is -1.91. The Kier molecular flexibility index (Phi) is 5.31. The molecule has 21 heavy (non-hydrogen) atoms. The van der Waals surface area contributed by atoms with Crippen LogP contribution < -0.4 is 10.1 Å². The Bertz CT molecular complexity index is 599. The molecule has 0 heterocycles. The third-order valence-electron chi connectivity index (χ3n) is 3.18. The number of ether oxygens (including phenoxy) is 1. The third-order valence-corrected chi connectivity index (χ3v) is 3.39. The van der Waals surface area contributed by atoms with Gasteiger partial charge >= 0.3 is 0 Å². The second-order valence-corrected chi connectivity index (χ2v) is 5.08. The van der Waals surface area contributed by atoms with E-state index < -0.39 is 0 Å². The average molecular weight is 308 g/mol. The highest BCUT2D eigenvalue weighted by Crippen LogP contribution is 2.33. The fourth-order valence-electron chi connectivity index (χ4n) is 2.03. The fourth-order valence-corrected chi connectivity index (χ4v) is 2.27. The number of halogens is 1. The minimum atomic E-state index is 0.0892. The van der Waals surface area contributed by atoms with Crippen LogP contribution in [0.5, 0.6) is 11.5 Å². The number of hydrogen-bond acceptors (Lipinski definition) is 4. The quantitative estimate of drug-likeness (QED) is 0.767. The molecule has 0 aliphatic carbocycles. The number of methoxy groups -OCH3 is 1. The Morgan fingerprint density at radius 2 is 1.90 bits per heavy atom. The van der Waals surface area contributed by atoms with Crippen LogP contribution in [0.25, 0.3) is 0 Å². The van der Waals surface area contributed by atoms with E-state index in [-0.39, 0.29) is 12.4 Å². The number of aliphatic hydroxyl groups excluding tert-OH is 1. The summed E-state index contributed by atoms with van der Waals surface area (Å²) in [5.74, 6) is 0.448. The molecule has 3 N–H and O–H groups in total. The van der Waals surface area contributed by atoms with Crippen LogP contribution in [0.2, 0.25) is 5.02 Å². The summed E-state index contributed by atoms with van der Waals surface area (Å²) in [4.78, 5) is 0. The van der Waals surface area contributed by atoms with Crippen molar-refractivity contribution >= 4 is 17.3 Å². The predicted octanol–water partition coefficient (Wildman–Crippen LogP) is 3.20. The molecule has 2 rings (SSSR count). The lowest BCUT2D eigenvalue weighted by Crippen LogP contribution is -2.01. The summed E-state index contributed by atoms with van der Waals surface area (Å²) >= 11 is 6.00. The largest absolute Gasteiger partial charge is 0.504 e. The van der Waals surface area contributed by atoms with Crippen LogP contribution in [-0.4, -0.2) is 23.9 Å². The van der Waals surface area contributed by atoms with Crippen LogP contribution in [-0.2, 0) is 13.0 Å². The number of aromatic hydroxyl groups is 1. The van der Waals surface area contributed by atoms with Gasteiger partial charge in [-0.05, 0) is 30.2 Å². The molecule has 0 amide bonds. The van der Waals surface area contributed by atoms with Gasteiger partial charge in [-0.3, -0.25) is 0 Å². The van der Waals surface area contributed by atoms with Gasteiger partial charge in [0.05, 0.1) is 7.11 Å². The van der Waals surface area contributed by atoms with E-state index in [1.54, 1.807) is 12.1 Å². The van der Waals surface area contributed by atoms with Crippen molar-refractivity contribution in [2.75, 3.05) is 19.0 Å². The number of anilines is 1. The molecule has 0 radical (unpaired) electrons. The molecule has 0 bridgehead atoms. The van der Waals surface area contributed by atoms with Crippen molar-refractivity contribution in [2.24, 2.45) is 0 Å². The molecule has 0 fully saturated rings. The maximum absolute atomic E-state index is 10.1. The van der Waals surface area contributed by atoms with E-state index in [0.717, 1.165) is 11.3 Å². The van der Waals surface area contributed by atoms with E-state index in [1.807, 2.05) is 24.3 Å². The molecule has 0 aliphatic heterocycles. The normalized spacial score (nSPS) is 10.4. The molecule has 2 aromatic carbocycles. The predicted molar refractivity (Wildman–Crippen MR) is 84.2 cm³/mol. The van der Waals surface area contributed by atoms with Crippen molar-refractivity contribution in [1.29, 1.82) is 0 Å². The molecular formula is C16H18ClNO3. The molecule has 112 valence electrons. The standard InChI is InChI=1S/C16H18ClNO3/c1-21-15-9-13(17)8-12(16(15)20)10-18-14-4-2-11(3-5-14)6-7-19/h2-5,8-9,18-20H,6-7,10H2,1H3. The first-order valence-corrected chi connectivity index (χ1v) is 7.01. The van der Waals surface area contributed by atoms with Crippen LogP contribution in [0.4, 0.5) is 5.69 Å². The van der Waals surface area contributed by atoms with Crippen LogP contribution in [0.15, 0.2) is 36.4 Å². The molecule has 2 aromatic rings. The van der Waals surface area contributed by atoms with Gasteiger partial charge in [-0.15, -0.1) is 0 Å². The SMILES string of the molecule is COc1cc(Cl)cc(CNc2ccc(CCO)cc2)c1O. The smallest absolute Gasteiger partial charge is 0.162 e. The maximum Gasteiger partial charge on any atom is 0.162 e. The van der Waals surface area contributed by atoms with Gasteiger partial charge in [0.25, 0.3) is 0 Å². The first kappa shape index (κ1) is 15.5.